The van der Waals surface area contributed by atoms with Crippen LogP contribution < -0.4 is 5.69 Å². The summed E-state index contributed by atoms with van der Waals surface area (Å²) in [5, 5.41) is 7.66. The second-order valence-corrected chi connectivity index (χ2v) is 5.54. The van der Waals surface area contributed by atoms with Crippen LogP contribution in [0.4, 0.5) is 0 Å². The number of nitrogens with zero attached hydrogens (tertiary/aromatic N) is 3. The molecule has 0 aliphatic rings. The van der Waals surface area contributed by atoms with Gasteiger partial charge in [0, 0.05) is 10.9 Å². The average molecular weight is 281 g/mol. The highest BCUT2D eigenvalue weighted by atomic mass is 32.1. The van der Waals surface area contributed by atoms with E-state index in [1.54, 1.807) is 21.9 Å². The van der Waals surface area contributed by atoms with Crippen LogP contribution in [-0.4, -0.2) is 14.2 Å². The lowest BCUT2D eigenvalue weighted by Crippen LogP contribution is -2.21. The number of fused-ring (bicyclic) bond motifs is 2. The Kier molecular flexibility index (Phi) is 2.47. The van der Waals surface area contributed by atoms with Gasteiger partial charge in [-0.15, -0.1) is 16.4 Å². The highest BCUT2D eigenvalue weighted by Gasteiger charge is 2.09. The lowest BCUT2D eigenvalue weighted by atomic mass is 10.2. The van der Waals surface area contributed by atoms with E-state index in [1.807, 2.05) is 30.3 Å². The van der Waals surface area contributed by atoms with Crippen LogP contribution in [0.2, 0.25) is 0 Å². The summed E-state index contributed by atoms with van der Waals surface area (Å²) >= 11 is 1.70. The van der Waals surface area contributed by atoms with Gasteiger partial charge < -0.3 is 0 Å². The molecule has 0 N–H and O–H groups in total. The first-order chi connectivity index (χ1) is 9.83. The zero-order chi connectivity index (χ0) is 13.5. The van der Waals surface area contributed by atoms with E-state index in [2.05, 4.69) is 22.6 Å². The highest BCUT2D eigenvalue weighted by Crippen LogP contribution is 2.25. The van der Waals surface area contributed by atoms with Crippen LogP contribution in [0.5, 0.6) is 0 Å². The van der Waals surface area contributed by atoms with Crippen LogP contribution in [0.3, 0.4) is 0 Å². The van der Waals surface area contributed by atoms with Crippen molar-refractivity contribution in [2.75, 3.05) is 0 Å². The van der Waals surface area contributed by atoms with Gasteiger partial charge in [0.15, 0.2) is 5.65 Å². The van der Waals surface area contributed by atoms with Gasteiger partial charge in [0.25, 0.3) is 0 Å². The fourth-order valence-corrected chi connectivity index (χ4v) is 3.34. The van der Waals surface area contributed by atoms with E-state index < -0.39 is 0 Å². The van der Waals surface area contributed by atoms with Crippen molar-refractivity contribution in [3.8, 4) is 0 Å². The molecule has 0 unspecified atom stereocenters. The maximum Gasteiger partial charge on any atom is 0.350 e. The van der Waals surface area contributed by atoms with Gasteiger partial charge in [0.1, 0.15) is 0 Å². The van der Waals surface area contributed by atoms with E-state index in [0.29, 0.717) is 12.2 Å². The van der Waals surface area contributed by atoms with Gasteiger partial charge in [0.05, 0.1) is 6.54 Å². The molecule has 4 rings (SSSR count). The SMILES string of the molecule is O=c1n(Cc2csc3ccccc23)nc2ccccn12. The Morgan fingerprint density at radius 1 is 1.10 bits per heavy atom. The summed E-state index contributed by atoms with van der Waals surface area (Å²) in [6.07, 6.45) is 1.74. The van der Waals surface area contributed by atoms with Crippen LogP contribution in [0.15, 0.2) is 58.8 Å². The van der Waals surface area contributed by atoms with E-state index in [-0.39, 0.29) is 5.69 Å². The van der Waals surface area contributed by atoms with Crippen LogP contribution in [0.25, 0.3) is 15.7 Å². The zero-order valence-electron chi connectivity index (χ0n) is 10.6. The van der Waals surface area contributed by atoms with Crippen molar-refractivity contribution in [3.63, 3.8) is 0 Å². The van der Waals surface area contributed by atoms with Gasteiger partial charge in [0.2, 0.25) is 0 Å². The molecule has 0 amide bonds. The summed E-state index contributed by atoms with van der Waals surface area (Å²) < 4.78 is 4.32. The number of hydrogen-bond donors (Lipinski definition) is 0. The van der Waals surface area contributed by atoms with Gasteiger partial charge >= 0.3 is 5.69 Å². The van der Waals surface area contributed by atoms with E-state index in [9.17, 15) is 4.79 Å². The topological polar surface area (TPSA) is 39.3 Å². The van der Waals surface area contributed by atoms with Gasteiger partial charge in [-0.05, 0) is 34.5 Å². The van der Waals surface area contributed by atoms with Crippen molar-refractivity contribution in [2.24, 2.45) is 0 Å². The molecule has 0 atom stereocenters. The Labute approximate surface area is 118 Å². The molecule has 0 spiro atoms. The summed E-state index contributed by atoms with van der Waals surface area (Å²) in [5.74, 6) is 0. The first kappa shape index (κ1) is 11.4. The number of aromatic nitrogens is 3. The molecule has 0 bridgehead atoms. The molecule has 0 aliphatic heterocycles. The van der Waals surface area contributed by atoms with Crippen molar-refractivity contribution in [2.45, 2.75) is 6.54 Å². The predicted octanol–water partition coefficient (Wildman–Crippen LogP) is 2.76. The van der Waals surface area contributed by atoms with Crippen LogP contribution >= 0.6 is 11.3 Å². The molecule has 0 aliphatic carbocycles. The fourth-order valence-electron chi connectivity index (χ4n) is 2.39. The molecule has 3 aromatic heterocycles. The third-order valence-electron chi connectivity index (χ3n) is 3.37. The summed E-state index contributed by atoms with van der Waals surface area (Å²) in [7, 11) is 0. The molecular weight excluding hydrogens is 270 g/mol. The molecule has 5 heteroatoms. The van der Waals surface area contributed by atoms with Crippen molar-refractivity contribution in [3.05, 3.63) is 70.1 Å². The quantitative estimate of drug-likeness (QED) is 0.567. The zero-order valence-corrected chi connectivity index (χ0v) is 11.4. The Bertz CT molecular complexity index is 964. The third-order valence-corrected chi connectivity index (χ3v) is 4.38. The molecule has 0 fully saturated rings. The molecule has 3 heterocycles. The van der Waals surface area contributed by atoms with Crippen LogP contribution in [0, 0.1) is 0 Å². The number of thiophene rings is 1. The Morgan fingerprint density at radius 2 is 1.95 bits per heavy atom. The fraction of sp³-hybridized carbons (Fsp3) is 0.0667. The smallest absolute Gasteiger partial charge is 0.250 e. The van der Waals surface area contributed by atoms with Crippen molar-refractivity contribution in [1.82, 2.24) is 14.2 Å². The van der Waals surface area contributed by atoms with E-state index in [0.717, 1.165) is 5.56 Å². The molecular formula is C15H11N3OS. The minimum atomic E-state index is -0.101. The van der Waals surface area contributed by atoms with E-state index in [4.69, 9.17) is 0 Å². The highest BCUT2D eigenvalue weighted by molar-refractivity contribution is 7.17. The van der Waals surface area contributed by atoms with E-state index in [1.165, 1.54) is 14.8 Å². The van der Waals surface area contributed by atoms with Crippen LogP contribution in [0.1, 0.15) is 5.56 Å². The van der Waals surface area contributed by atoms with Gasteiger partial charge in [-0.1, -0.05) is 24.3 Å². The average Bonchev–Trinajstić information content (AvgIpc) is 3.03. The standard InChI is InChI=1S/C15H11N3OS/c19-15-17-8-4-3-7-14(17)16-18(15)9-11-10-20-13-6-2-1-5-12(11)13/h1-8,10H,9H2. The molecule has 20 heavy (non-hydrogen) atoms. The Hall–Kier alpha value is -2.40. The largest absolute Gasteiger partial charge is 0.350 e. The second kappa shape index (κ2) is 4.31. The summed E-state index contributed by atoms with van der Waals surface area (Å²) in [5.41, 5.74) is 1.71. The lowest BCUT2D eigenvalue weighted by molar-refractivity contribution is 0.663. The van der Waals surface area contributed by atoms with Gasteiger partial charge in [-0.25, -0.2) is 9.48 Å². The molecule has 0 radical (unpaired) electrons. The van der Waals surface area contributed by atoms with Crippen molar-refractivity contribution in [1.29, 1.82) is 0 Å². The van der Waals surface area contributed by atoms with E-state index >= 15 is 0 Å². The second-order valence-electron chi connectivity index (χ2n) is 4.63. The predicted molar refractivity (Wildman–Crippen MR) is 80.4 cm³/mol. The number of benzene rings is 1. The number of pyridine rings is 1. The summed E-state index contributed by atoms with van der Waals surface area (Å²) in [4.78, 5) is 12.3. The molecule has 4 nitrogen and oxygen atoms in total. The number of rotatable bonds is 2. The van der Waals surface area contributed by atoms with Crippen molar-refractivity contribution >= 4 is 27.1 Å². The number of hydrogen-bond acceptors (Lipinski definition) is 3. The minimum Gasteiger partial charge on any atom is -0.250 e. The molecule has 4 aromatic rings. The van der Waals surface area contributed by atoms with Gasteiger partial charge in [-0.2, -0.15) is 0 Å². The maximum absolute atomic E-state index is 12.3. The lowest BCUT2D eigenvalue weighted by Gasteiger charge is -1.98. The third kappa shape index (κ3) is 1.67. The van der Waals surface area contributed by atoms with Gasteiger partial charge in [-0.3, -0.25) is 4.40 Å². The minimum absolute atomic E-state index is 0.101. The summed E-state index contributed by atoms with van der Waals surface area (Å²) in [6, 6.07) is 13.8. The first-order valence-electron chi connectivity index (χ1n) is 6.32. The maximum atomic E-state index is 12.3. The van der Waals surface area contributed by atoms with Crippen LogP contribution in [-0.2, 0) is 6.54 Å². The monoisotopic (exact) mass is 281 g/mol. The first-order valence-corrected chi connectivity index (χ1v) is 7.20. The molecule has 0 saturated heterocycles. The molecule has 1 aromatic carbocycles. The molecule has 0 saturated carbocycles. The summed E-state index contributed by atoms with van der Waals surface area (Å²) in [6.45, 7) is 0.504. The molecule has 98 valence electrons. The normalized spacial score (nSPS) is 11.4. The van der Waals surface area contributed by atoms with Crippen molar-refractivity contribution < 1.29 is 0 Å². The Morgan fingerprint density at radius 3 is 2.85 bits per heavy atom. The Balaban J connectivity index is 1.85.